The van der Waals surface area contributed by atoms with E-state index in [4.69, 9.17) is 17.4 Å². The van der Waals surface area contributed by atoms with E-state index >= 15 is 0 Å². The maximum absolute atomic E-state index is 5.77. The van der Waals surface area contributed by atoms with Gasteiger partial charge in [0.05, 0.1) is 12.2 Å². The van der Waals surface area contributed by atoms with Crippen LogP contribution in [-0.4, -0.2) is 14.8 Å². The summed E-state index contributed by atoms with van der Waals surface area (Å²) in [6.07, 6.45) is 6.56. The largest absolute Gasteiger partial charge is 0.272 e. The molecule has 2 aromatic rings. The van der Waals surface area contributed by atoms with Gasteiger partial charge in [0.1, 0.15) is 5.15 Å². The second-order valence-electron chi connectivity index (χ2n) is 4.05. The van der Waals surface area contributed by atoms with Gasteiger partial charge in [0.25, 0.3) is 0 Å². The van der Waals surface area contributed by atoms with Crippen molar-refractivity contribution in [2.45, 2.75) is 25.9 Å². The van der Waals surface area contributed by atoms with Crippen LogP contribution in [0.1, 0.15) is 30.5 Å². The van der Waals surface area contributed by atoms with Gasteiger partial charge in [-0.15, -0.1) is 0 Å². The molecule has 0 aromatic carbocycles. The van der Waals surface area contributed by atoms with Gasteiger partial charge in [-0.3, -0.25) is 10.5 Å². The molecule has 5 nitrogen and oxygen atoms in total. The quantitative estimate of drug-likeness (QED) is 0.492. The number of hydrazine groups is 1. The van der Waals surface area contributed by atoms with Crippen molar-refractivity contribution >= 4 is 11.6 Å². The number of aryl methyl sites for hydroxylation is 1. The molecule has 0 saturated heterocycles. The predicted octanol–water partition coefficient (Wildman–Crippen LogP) is 1.89. The van der Waals surface area contributed by atoms with Gasteiger partial charge >= 0.3 is 0 Å². The first-order valence-corrected chi connectivity index (χ1v) is 6.22. The van der Waals surface area contributed by atoms with Crippen LogP contribution >= 0.6 is 11.6 Å². The van der Waals surface area contributed by atoms with Crippen LogP contribution in [-0.2, 0) is 6.54 Å². The Labute approximate surface area is 111 Å². The third-order valence-electron chi connectivity index (χ3n) is 2.69. The van der Waals surface area contributed by atoms with Crippen molar-refractivity contribution in [2.24, 2.45) is 5.84 Å². The average Bonchev–Trinajstić information content (AvgIpc) is 2.82. The molecule has 2 rings (SSSR count). The van der Waals surface area contributed by atoms with Crippen molar-refractivity contribution in [3.05, 3.63) is 47.0 Å². The molecule has 0 spiro atoms. The molecule has 2 aromatic heterocycles. The van der Waals surface area contributed by atoms with E-state index < -0.39 is 0 Å². The van der Waals surface area contributed by atoms with Crippen molar-refractivity contribution in [1.82, 2.24) is 20.2 Å². The number of hydrogen-bond acceptors (Lipinski definition) is 4. The Hall–Kier alpha value is -1.43. The molecule has 1 unspecified atom stereocenters. The number of halogens is 1. The average molecular weight is 266 g/mol. The molecule has 6 heteroatoms. The standard InChI is InChI=1S/C12H16ClN5/c1-2-5-18-8-10(7-16-18)12(17-14)9-3-4-11(13)15-6-9/h3-4,6-8,12,17H,2,5,14H2,1H3. The Morgan fingerprint density at radius 1 is 1.39 bits per heavy atom. The van der Waals surface area contributed by atoms with E-state index in [0.29, 0.717) is 5.15 Å². The monoisotopic (exact) mass is 265 g/mol. The molecule has 0 amide bonds. The molecule has 2 heterocycles. The van der Waals surface area contributed by atoms with E-state index in [0.717, 1.165) is 24.1 Å². The third-order valence-corrected chi connectivity index (χ3v) is 2.91. The van der Waals surface area contributed by atoms with E-state index in [1.807, 2.05) is 23.1 Å². The summed E-state index contributed by atoms with van der Waals surface area (Å²) in [7, 11) is 0. The Bertz CT molecular complexity index is 493. The predicted molar refractivity (Wildman–Crippen MR) is 70.9 cm³/mol. The molecule has 0 bridgehead atoms. The number of nitrogens with zero attached hydrogens (tertiary/aromatic N) is 3. The number of pyridine rings is 1. The molecule has 96 valence electrons. The summed E-state index contributed by atoms with van der Waals surface area (Å²) in [6.45, 7) is 3.01. The van der Waals surface area contributed by atoms with Crippen LogP contribution in [0.3, 0.4) is 0 Å². The fourth-order valence-electron chi connectivity index (χ4n) is 1.82. The van der Waals surface area contributed by atoms with E-state index in [-0.39, 0.29) is 6.04 Å². The Balaban J connectivity index is 2.24. The van der Waals surface area contributed by atoms with Crippen LogP contribution in [0.4, 0.5) is 0 Å². The highest BCUT2D eigenvalue weighted by atomic mass is 35.5. The van der Waals surface area contributed by atoms with E-state index in [9.17, 15) is 0 Å². The smallest absolute Gasteiger partial charge is 0.129 e. The summed E-state index contributed by atoms with van der Waals surface area (Å²) >= 11 is 5.77. The zero-order valence-electron chi connectivity index (χ0n) is 10.2. The minimum absolute atomic E-state index is 0.125. The lowest BCUT2D eigenvalue weighted by Crippen LogP contribution is -2.28. The molecule has 0 saturated carbocycles. The highest BCUT2D eigenvalue weighted by Gasteiger charge is 2.14. The van der Waals surface area contributed by atoms with Crippen LogP contribution in [0.5, 0.6) is 0 Å². The summed E-state index contributed by atoms with van der Waals surface area (Å²) in [4.78, 5) is 4.06. The van der Waals surface area contributed by atoms with Crippen LogP contribution in [0.25, 0.3) is 0 Å². The lowest BCUT2D eigenvalue weighted by molar-refractivity contribution is 0.597. The van der Waals surface area contributed by atoms with Gasteiger partial charge in [0, 0.05) is 24.5 Å². The Kier molecular flexibility index (Phi) is 4.30. The SMILES string of the molecule is CCCn1cc(C(NN)c2ccc(Cl)nc2)cn1. The van der Waals surface area contributed by atoms with Gasteiger partial charge in [-0.05, 0) is 18.1 Å². The van der Waals surface area contributed by atoms with Crippen molar-refractivity contribution in [2.75, 3.05) is 0 Å². The fraction of sp³-hybridized carbons (Fsp3) is 0.333. The van der Waals surface area contributed by atoms with Crippen molar-refractivity contribution in [1.29, 1.82) is 0 Å². The number of rotatable bonds is 5. The molecular weight excluding hydrogens is 250 g/mol. The molecule has 0 aliphatic carbocycles. The summed E-state index contributed by atoms with van der Waals surface area (Å²) in [6, 6.07) is 3.52. The summed E-state index contributed by atoms with van der Waals surface area (Å²) in [5.41, 5.74) is 4.74. The molecule has 3 N–H and O–H groups in total. The highest BCUT2D eigenvalue weighted by molar-refractivity contribution is 6.29. The molecule has 18 heavy (non-hydrogen) atoms. The minimum Gasteiger partial charge on any atom is -0.272 e. The molecule has 0 fully saturated rings. The first kappa shape index (κ1) is 13.0. The minimum atomic E-state index is -0.125. The van der Waals surface area contributed by atoms with Gasteiger partial charge in [-0.25, -0.2) is 10.4 Å². The van der Waals surface area contributed by atoms with Gasteiger partial charge in [0.2, 0.25) is 0 Å². The number of aromatic nitrogens is 3. The van der Waals surface area contributed by atoms with Crippen LogP contribution in [0, 0.1) is 0 Å². The zero-order chi connectivity index (χ0) is 13.0. The van der Waals surface area contributed by atoms with Crippen LogP contribution in [0.2, 0.25) is 5.15 Å². The second kappa shape index (κ2) is 5.95. The van der Waals surface area contributed by atoms with Gasteiger partial charge in [-0.1, -0.05) is 24.6 Å². The van der Waals surface area contributed by atoms with Crippen LogP contribution in [0.15, 0.2) is 30.7 Å². The van der Waals surface area contributed by atoms with Crippen molar-refractivity contribution < 1.29 is 0 Å². The number of hydrogen-bond donors (Lipinski definition) is 2. The number of nitrogens with one attached hydrogen (secondary N) is 1. The summed E-state index contributed by atoms with van der Waals surface area (Å²) in [5.74, 6) is 5.61. The van der Waals surface area contributed by atoms with Crippen molar-refractivity contribution in [3.63, 3.8) is 0 Å². The lowest BCUT2D eigenvalue weighted by Gasteiger charge is -2.13. The normalized spacial score (nSPS) is 12.6. The zero-order valence-corrected chi connectivity index (χ0v) is 10.9. The summed E-state index contributed by atoms with van der Waals surface area (Å²) in [5, 5.41) is 4.76. The molecule has 0 aliphatic heterocycles. The molecule has 0 radical (unpaired) electrons. The lowest BCUT2D eigenvalue weighted by atomic mass is 10.0. The Morgan fingerprint density at radius 2 is 2.22 bits per heavy atom. The topological polar surface area (TPSA) is 68.8 Å². The first-order chi connectivity index (χ1) is 8.74. The maximum atomic E-state index is 5.77. The van der Waals surface area contributed by atoms with Gasteiger partial charge in [0.15, 0.2) is 0 Å². The molecule has 1 atom stereocenters. The fourth-order valence-corrected chi connectivity index (χ4v) is 1.93. The van der Waals surface area contributed by atoms with E-state index in [1.165, 1.54) is 0 Å². The number of nitrogens with two attached hydrogens (primary N) is 1. The van der Waals surface area contributed by atoms with Crippen molar-refractivity contribution in [3.8, 4) is 0 Å². The Morgan fingerprint density at radius 3 is 2.83 bits per heavy atom. The highest BCUT2D eigenvalue weighted by Crippen LogP contribution is 2.21. The van der Waals surface area contributed by atoms with Gasteiger partial charge in [-0.2, -0.15) is 5.10 Å². The van der Waals surface area contributed by atoms with E-state index in [2.05, 4.69) is 22.4 Å². The van der Waals surface area contributed by atoms with Gasteiger partial charge < -0.3 is 0 Å². The molecule has 0 aliphatic rings. The molecular formula is C12H16ClN5. The van der Waals surface area contributed by atoms with E-state index in [1.54, 1.807) is 12.3 Å². The second-order valence-corrected chi connectivity index (χ2v) is 4.44. The first-order valence-electron chi connectivity index (χ1n) is 5.84. The maximum Gasteiger partial charge on any atom is 0.129 e. The van der Waals surface area contributed by atoms with Crippen LogP contribution < -0.4 is 11.3 Å². The summed E-state index contributed by atoms with van der Waals surface area (Å²) < 4.78 is 1.91. The third kappa shape index (κ3) is 2.87.